The van der Waals surface area contributed by atoms with Crippen molar-refractivity contribution in [3.63, 3.8) is 0 Å². The van der Waals surface area contributed by atoms with Crippen LogP contribution in [0.1, 0.15) is 29.6 Å². The zero-order chi connectivity index (χ0) is 22.1. The molecule has 1 heterocycles. The van der Waals surface area contributed by atoms with E-state index in [0.717, 1.165) is 38.6 Å². The van der Waals surface area contributed by atoms with Crippen LogP contribution in [0.15, 0.2) is 72.8 Å². The van der Waals surface area contributed by atoms with Crippen molar-refractivity contribution >= 4 is 44.1 Å². The van der Waals surface area contributed by atoms with E-state index < -0.39 is 17.8 Å². The summed E-state index contributed by atoms with van der Waals surface area (Å²) in [6, 6.07) is 23.4. The molecule has 0 spiro atoms. The number of ketones is 1. The lowest BCUT2D eigenvalue weighted by atomic mass is 9.85. The Bertz CT molecular complexity index is 1260. The van der Waals surface area contributed by atoms with Crippen molar-refractivity contribution in [3.05, 3.63) is 78.4 Å². The van der Waals surface area contributed by atoms with Crippen molar-refractivity contribution in [1.29, 1.82) is 0 Å². The molecule has 1 fully saturated rings. The number of rotatable bonds is 6. The average molecular weight is 443 g/mol. The quantitative estimate of drug-likeness (QED) is 0.338. The molecule has 0 amide bonds. The molecule has 1 aromatic heterocycles. The molecule has 1 aliphatic carbocycles. The smallest absolute Gasteiger partial charge is 0.307 e. The topological polar surface area (TPSA) is 79.3 Å². The van der Waals surface area contributed by atoms with E-state index in [1.54, 1.807) is 11.3 Å². The molecular formula is C26H22N2O3S. The highest BCUT2D eigenvalue weighted by atomic mass is 32.1. The summed E-state index contributed by atoms with van der Waals surface area (Å²) in [5.74, 6) is -1.98. The van der Waals surface area contributed by atoms with Crippen molar-refractivity contribution in [3.8, 4) is 11.1 Å². The third kappa shape index (κ3) is 3.89. The molecule has 4 aromatic rings. The summed E-state index contributed by atoms with van der Waals surface area (Å²) >= 11 is 1.60. The fraction of sp³-hybridized carbons (Fsp3) is 0.192. The molecule has 2 N–H and O–H groups in total. The van der Waals surface area contributed by atoms with Gasteiger partial charge in [0.05, 0.1) is 16.1 Å². The Morgan fingerprint density at radius 2 is 1.62 bits per heavy atom. The number of Topliss-reactive ketones (excluding diaryl/α,β-unsaturated/α-hetero) is 1. The first-order valence-corrected chi connectivity index (χ1v) is 11.5. The van der Waals surface area contributed by atoms with E-state index in [0.29, 0.717) is 18.4 Å². The standard InChI is InChI=1S/C26H22N2O3S/c29-24(20-8-5-9-21(20)25(30)31)19-7-2-1-6-18(19)16-12-14-17(15-13-16)27-26-28-22-10-3-4-11-23(22)32-26/h1-4,6-7,10-15,20-21H,5,8-9H2,(H,27,28)(H,30,31)/t20-,21-/m1/s1. The maximum atomic E-state index is 13.3. The Labute approximate surface area is 189 Å². The number of hydrogen-bond donors (Lipinski definition) is 2. The number of hydrogen-bond acceptors (Lipinski definition) is 5. The third-order valence-electron chi connectivity index (χ3n) is 6.10. The highest BCUT2D eigenvalue weighted by Gasteiger charge is 2.38. The molecule has 32 heavy (non-hydrogen) atoms. The van der Waals surface area contributed by atoms with Crippen LogP contribution in [0.3, 0.4) is 0 Å². The van der Waals surface area contributed by atoms with Crippen LogP contribution in [0.25, 0.3) is 21.3 Å². The predicted molar refractivity (Wildman–Crippen MR) is 128 cm³/mol. The van der Waals surface area contributed by atoms with Crippen molar-refractivity contribution in [2.24, 2.45) is 11.8 Å². The Morgan fingerprint density at radius 3 is 2.41 bits per heavy atom. The monoisotopic (exact) mass is 442 g/mol. The molecule has 0 unspecified atom stereocenters. The summed E-state index contributed by atoms with van der Waals surface area (Å²) in [6.45, 7) is 0. The number of carbonyl (C=O) groups excluding carboxylic acids is 1. The molecule has 0 aliphatic heterocycles. The zero-order valence-electron chi connectivity index (χ0n) is 17.3. The number of fused-ring (bicyclic) bond motifs is 1. The Kier molecular flexibility index (Phi) is 5.45. The van der Waals surface area contributed by atoms with E-state index >= 15 is 0 Å². The van der Waals surface area contributed by atoms with Crippen molar-refractivity contribution in [2.75, 3.05) is 5.32 Å². The number of para-hydroxylation sites is 1. The van der Waals surface area contributed by atoms with E-state index in [9.17, 15) is 14.7 Å². The molecule has 1 saturated carbocycles. The Morgan fingerprint density at radius 1 is 0.906 bits per heavy atom. The molecule has 0 bridgehead atoms. The number of aromatic nitrogens is 1. The third-order valence-corrected chi connectivity index (χ3v) is 7.06. The number of carboxylic acids is 1. The van der Waals surface area contributed by atoms with Gasteiger partial charge in [-0.15, -0.1) is 0 Å². The lowest BCUT2D eigenvalue weighted by molar-refractivity contribution is -0.142. The van der Waals surface area contributed by atoms with Crippen molar-refractivity contribution in [1.82, 2.24) is 4.98 Å². The van der Waals surface area contributed by atoms with Gasteiger partial charge < -0.3 is 10.4 Å². The summed E-state index contributed by atoms with van der Waals surface area (Å²) in [7, 11) is 0. The van der Waals surface area contributed by atoms with Crippen LogP contribution >= 0.6 is 11.3 Å². The molecule has 0 radical (unpaired) electrons. The zero-order valence-corrected chi connectivity index (χ0v) is 18.1. The lowest BCUT2D eigenvalue weighted by Crippen LogP contribution is -2.25. The SMILES string of the molecule is O=C(O)[C@@H]1CCC[C@H]1C(=O)c1ccccc1-c1ccc(Nc2nc3ccccc3s2)cc1. The molecule has 2 atom stereocenters. The number of carbonyl (C=O) groups is 2. The van der Waals surface area contributed by atoms with Crippen LogP contribution < -0.4 is 5.32 Å². The summed E-state index contributed by atoms with van der Waals surface area (Å²) in [6.07, 6.45) is 1.98. The molecule has 1 aliphatic rings. The van der Waals surface area contributed by atoms with Crippen molar-refractivity contribution in [2.45, 2.75) is 19.3 Å². The Hall–Kier alpha value is -3.51. The number of carboxylic acid groups (broad SMARTS) is 1. The Balaban J connectivity index is 1.39. The van der Waals surface area contributed by atoms with Crippen LogP contribution in [0.2, 0.25) is 0 Å². The maximum Gasteiger partial charge on any atom is 0.307 e. The van der Waals surface area contributed by atoms with Gasteiger partial charge in [-0.3, -0.25) is 9.59 Å². The molecular weight excluding hydrogens is 420 g/mol. The van der Waals surface area contributed by atoms with E-state index in [1.165, 1.54) is 0 Å². The van der Waals surface area contributed by atoms with Crippen LogP contribution in [0.4, 0.5) is 10.8 Å². The predicted octanol–water partition coefficient (Wildman–Crippen LogP) is 6.39. The summed E-state index contributed by atoms with van der Waals surface area (Å²) in [4.78, 5) is 29.5. The average Bonchev–Trinajstić information content (AvgIpc) is 3.46. The van der Waals surface area contributed by atoms with Crippen molar-refractivity contribution < 1.29 is 14.7 Å². The minimum Gasteiger partial charge on any atom is -0.481 e. The van der Waals surface area contributed by atoms with Gasteiger partial charge in [-0.05, 0) is 48.2 Å². The first kappa shape index (κ1) is 20.4. The van der Waals surface area contributed by atoms with Crippen LogP contribution in [0.5, 0.6) is 0 Å². The van der Waals surface area contributed by atoms with Gasteiger partial charge in [0.2, 0.25) is 0 Å². The van der Waals surface area contributed by atoms with E-state index in [1.807, 2.05) is 66.7 Å². The second-order valence-electron chi connectivity index (χ2n) is 8.08. The molecule has 160 valence electrons. The fourth-order valence-electron chi connectivity index (χ4n) is 4.50. The van der Waals surface area contributed by atoms with Gasteiger partial charge in [0, 0.05) is 17.2 Å². The lowest BCUT2D eigenvalue weighted by Gasteiger charge is -2.17. The first-order valence-electron chi connectivity index (χ1n) is 10.7. The molecule has 0 saturated heterocycles. The molecule has 3 aromatic carbocycles. The number of benzene rings is 3. The van der Waals surface area contributed by atoms with Gasteiger partial charge in [0.25, 0.3) is 0 Å². The van der Waals surface area contributed by atoms with E-state index in [2.05, 4.69) is 16.4 Å². The number of nitrogens with zero attached hydrogens (tertiary/aromatic N) is 1. The minimum absolute atomic E-state index is 0.0674. The van der Waals surface area contributed by atoms with E-state index in [4.69, 9.17) is 0 Å². The minimum atomic E-state index is -0.872. The van der Waals surface area contributed by atoms with Gasteiger partial charge in [0.1, 0.15) is 0 Å². The normalized spacial score (nSPS) is 18.0. The first-order chi connectivity index (χ1) is 15.6. The number of aliphatic carboxylic acids is 1. The number of anilines is 2. The van der Waals surface area contributed by atoms with E-state index in [-0.39, 0.29) is 5.78 Å². The summed E-state index contributed by atoms with van der Waals surface area (Å²) in [5, 5.41) is 13.7. The highest BCUT2D eigenvalue weighted by Crippen LogP contribution is 2.37. The molecule has 5 rings (SSSR count). The van der Waals surface area contributed by atoms with Gasteiger partial charge in [0.15, 0.2) is 10.9 Å². The van der Waals surface area contributed by atoms with Gasteiger partial charge in [-0.2, -0.15) is 0 Å². The summed E-state index contributed by atoms with van der Waals surface area (Å²) in [5.41, 5.74) is 4.24. The van der Waals surface area contributed by atoms with Crippen LogP contribution in [-0.2, 0) is 4.79 Å². The summed E-state index contributed by atoms with van der Waals surface area (Å²) < 4.78 is 1.13. The van der Waals surface area contributed by atoms with Crippen LogP contribution in [-0.4, -0.2) is 21.8 Å². The fourth-order valence-corrected chi connectivity index (χ4v) is 5.39. The number of thiazole rings is 1. The number of nitrogens with one attached hydrogen (secondary N) is 1. The molecule has 6 heteroatoms. The van der Waals surface area contributed by atoms with Gasteiger partial charge in [-0.1, -0.05) is 66.3 Å². The maximum absolute atomic E-state index is 13.3. The second kappa shape index (κ2) is 8.55. The largest absolute Gasteiger partial charge is 0.481 e. The van der Waals surface area contributed by atoms with Gasteiger partial charge >= 0.3 is 5.97 Å². The molecule has 5 nitrogen and oxygen atoms in total. The second-order valence-corrected chi connectivity index (χ2v) is 9.11. The van der Waals surface area contributed by atoms with Gasteiger partial charge in [-0.25, -0.2) is 4.98 Å². The highest BCUT2D eigenvalue weighted by molar-refractivity contribution is 7.22. The van der Waals surface area contributed by atoms with Crippen LogP contribution in [0, 0.1) is 11.8 Å².